The van der Waals surface area contributed by atoms with Crippen LogP contribution >= 0.6 is 11.6 Å². The van der Waals surface area contributed by atoms with Gasteiger partial charge in [-0.25, -0.2) is 8.42 Å². The highest BCUT2D eigenvalue weighted by Crippen LogP contribution is 2.31. The maximum atomic E-state index is 14.5. The van der Waals surface area contributed by atoms with E-state index in [0.29, 0.717) is 38.7 Å². The summed E-state index contributed by atoms with van der Waals surface area (Å²) in [6, 6.07) is 24.7. The van der Waals surface area contributed by atoms with Crippen LogP contribution < -0.4 is 14.8 Å². The lowest BCUT2D eigenvalue weighted by molar-refractivity contribution is -0.115. The zero-order chi connectivity index (χ0) is 30.6. The number of nitrogens with one attached hydrogen (secondary N) is 1. The number of carbonyl (C=O) groups excluding carboxylic acids is 1. The van der Waals surface area contributed by atoms with E-state index in [-0.39, 0.29) is 30.3 Å². The molecule has 0 unspecified atom stereocenters. The molecule has 1 aromatic heterocycles. The van der Waals surface area contributed by atoms with Gasteiger partial charge >= 0.3 is 0 Å². The molecule has 1 N–H and O–H groups in total. The number of amides is 1. The van der Waals surface area contributed by atoms with Crippen molar-refractivity contribution in [2.75, 3.05) is 19.5 Å². The van der Waals surface area contributed by atoms with Crippen molar-refractivity contribution >= 4 is 44.1 Å². The second-order valence-corrected chi connectivity index (χ2v) is 12.3. The fourth-order valence-electron chi connectivity index (χ4n) is 4.75. The Bertz CT molecular complexity index is 1810. The minimum absolute atomic E-state index is 0.0308. The van der Waals surface area contributed by atoms with E-state index in [1.54, 1.807) is 86.7 Å². The van der Waals surface area contributed by atoms with Crippen molar-refractivity contribution in [2.45, 2.75) is 24.4 Å². The lowest BCUT2D eigenvalue weighted by atomic mass is 10.1. The summed E-state index contributed by atoms with van der Waals surface area (Å²) in [6.07, 6.45) is 1.69. The van der Waals surface area contributed by atoms with E-state index >= 15 is 0 Å². The highest BCUT2D eigenvalue weighted by Gasteiger charge is 2.29. The van der Waals surface area contributed by atoms with Crippen LogP contribution in [0.2, 0.25) is 5.02 Å². The van der Waals surface area contributed by atoms with Gasteiger partial charge in [0.2, 0.25) is 15.9 Å². The van der Waals surface area contributed by atoms with Crippen LogP contribution in [0.15, 0.2) is 96.0 Å². The van der Waals surface area contributed by atoms with Crippen molar-refractivity contribution in [3.8, 4) is 11.5 Å². The van der Waals surface area contributed by atoms with Gasteiger partial charge in [-0.1, -0.05) is 54.1 Å². The van der Waals surface area contributed by atoms with Gasteiger partial charge in [-0.05, 0) is 59.2 Å². The van der Waals surface area contributed by atoms with Crippen LogP contribution in [0.5, 0.6) is 11.5 Å². The standard InChI is InChI=1S/C32H31ClN4O5S/c1-36-21-28-30(35-36)17-25(34-32(38)16-24-6-4-5-7-29(24)33)18-31(28)43(39,40)37(19-22-8-12-26(41-2)13-9-22)20-23-10-14-27(42-3)15-11-23/h4-15,17-18,21H,16,19-20H2,1-3H3,(H,34,38). The summed E-state index contributed by atoms with van der Waals surface area (Å²) in [5.41, 5.74) is 2.98. The Morgan fingerprint density at radius 2 is 1.49 bits per heavy atom. The number of rotatable bonds is 11. The quantitative estimate of drug-likeness (QED) is 0.200. The molecular weight excluding hydrogens is 588 g/mol. The molecule has 0 aliphatic carbocycles. The first-order valence-electron chi connectivity index (χ1n) is 13.4. The number of methoxy groups -OCH3 is 2. The molecule has 11 heteroatoms. The number of aromatic nitrogens is 2. The average Bonchev–Trinajstić information content (AvgIpc) is 3.38. The lowest BCUT2D eigenvalue weighted by Crippen LogP contribution is -2.30. The normalized spacial score (nSPS) is 11.6. The molecule has 4 aromatic carbocycles. The number of hydrogen-bond donors (Lipinski definition) is 1. The summed E-state index contributed by atoms with van der Waals surface area (Å²) in [5.74, 6) is 1.01. The first-order chi connectivity index (χ1) is 20.7. The van der Waals surface area contributed by atoms with Gasteiger partial charge in [0.1, 0.15) is 11.5 Å². The maximum Gasteiger partial charge on any atom is 0.244 e. The second kappa shape index (κ2) is 12.9. The summed E-state index contributed by atoms with van der Waals surface area (Å²) >= 11 is 6.25. The Balaban J connectivity index is 1.53. The molecule has 43 heavy (non-hydrogen) atoms. The number of anilines is 1. The van der Waals surface area contributed by atoms with Crippen LogP contribution in [0.3, 0.4) is 0 Å². The molecule has 222 valence electrons. The number of hydrogen-bond acceptors (Lipinski definition) is 6. The van der Waals surface area contributed by atoms with Crippen LogP contribution in [0, 0.1) is 0 Å². The molecule has 1 amide bonds. The van der Waals surface area contributed by atoms with E-state index in [2.05, 4.69) is 10.4 Å². The van der Waals surface area contributed by atoms with Gasteiger partial charge < -0.3 is 14.8 Å². The van der Waals surface area contributed by atoms with Crippen LogP contribution in [0.1, 0.15) is 16.7 Å². The van der Waals surface area contributed by atoms with Gasteiger partial charge in [-0.2, -0.15) is 9.40 Å². The molecule has 0 spiro atoms. The third-order valence-electron chi connectivity index (χ3n) is 6.95. The number of aryl methyl sites for hydroxylation is 1. The summed E-state index contributed by atoms with van der Waals surface area (Å²) in [7, 11) is 0.756. The topological polar surface area (TPSA) is 103 Å². The molecule has 0 atom stereocenters. The van der Waals surface area contributed by atoms with Crippen molar-refractivity contribution in [3.05, 3.63) is 113 Å². The predicted octanol–water partition coefficient (Wildman–Crippen LogP) is 5.82. The number of sulfonamides is 1. The second-order valence-electron chi connectivity index (χ2n) is 10.00. The van der Waals surface area contributed by atoms with Gasteiger partial charge in [-0.3, -0.25) is 9.48 Å². The van der Waals surface area contributed by atoms with E-state index in [1.165, 1.54) is 10.4 Å². The molecule has 0 saturated carbocycles. The Morgan fingerprint density at radius 3 is 2.05 bits per heavy atom. The largest absolute Gasteiger partial charge is 0.497 e. The van der Waals surface area contributed by atoms with Gasteiger partial charge in [-0.15, -0.1) is 0 Å². The van der Waals surface area contributed by atoms with E-state index < -0.39 is 10.0 Å². The molecule has 0 radical (unpaired) electrons. The fourth-order valence-corrected chi connectivity index (χ4v) is 6.58. The lowest BCUT2D eigenvalue weighted by Gasteiger charge is -2.23. The molecule has 0 fully saturated rings. The predicted molar refractivity (Wildman–Crippen MR) is 167 cm³/mol. The zero-order valence-electron chi connectivity index (χ0n) is 24.0. The summed E-state index contributed by atoms with van der Waals surface area (Å²) in [4.78, 5) is 13.0. The number of nitrogens with zero attached hydrogens (tertiary/aromatic N) is 3. The molecule has 0 aliphatic rings. The monoisotopic (exact) mass is 618 g/mol. The van der Waals surface area contributed by atoms with Gasteiger partial charge in [0, 0.05) is 42.4 Å². The molecule has 1 heterocycles. The smallest absolute Gasteiger partial charge is 0.244 e. The number of fused-ring (bicyclic) bond motifs is 1. The molecule has 0 bridgehead atoms. The van der Waals surface area contributed by atoms with Gasteiger partial charge in [0.05, 0.1) is 31.1 Å². The van der Waals surface area contributed by atoms with Gasteiger partial charge in [0.15, 0.2) is 0 Å². The fraction of sp³-hybridized carbons (Fsp3) is 0.188. The Hall–Kier alpha value is -4.38. The minimum Gasteiger partial charge on any atom is -0.497 e. The van der Waals surface area contributed by atoms with E-state index in [0.717, 1.165) is 11.1 Å². The average molecular weight is 619 g/mol. The van der Waals surface area contributed by atoms with Crippen molar-refractivity contribution in [3.63, 3.8) is 0 Å². The highest BCUT2D eigenvalue weighted by atomic mass is 35.5. The molecule has 5 rings (SSSR count). The maximum absolute atomic E-state index is 14.5. The Kier molecular flexibility index (Phi) is 9.00. The van der Waals surface area contributed by atoms with Crippen molar-refractivity contribution in [2.24, 2.45) is 7.05 Å². The van der Waals surface area contributed by atoms with Crippen molar-refractivity contribution in [1.29, 1.82) is 0 Å². The van der Waals surface area contributed by atoms with Crippen molar-refractivity contribution in [1.82, 2.24) is 14.1 Å². The molecular formula is C32H31ClN4O5S. The van der Waals surface area contributed by atoms with Crippen LogP contribution in [-0.4, -0.2) is 42.6 Å². The number of ether oxygens (including phenoxy) is 2. The van der Waals surface area contributed by atoms with E-state index in [4.69, 9.17) is 21.1 Å². The molecule has 0 aliphatic heterocycles. The summed E-state index contributed by atoms with van der Waals surface area (Å²) in [6.45, 7) is 0.201. The molecule has 5 aromatic rings. The SMILES string of the molecule is COc1ccc(CN(Cc2ccc(OC)cc2)S(=O)(=O)c2cc(NC(=O)Cc3ccccc3Cl)cc3nn(C)cc23)cc1. The molecule has 9 nitrogen and oxygen atoms in total. The number of carbonyl (C=O) groups is 1. The van der Waals surface area contributed by atoms with E-state index in [9.17, 15) is 13.2 Å². The van der Waals surface area contributed by atoms with Crippen molar-refractivity contribution < 1.29 is 22.7 Å². The number of benzene rings is 4. The van der Waals surface area contributed by atoms with Crippen LogP contribution in [0.4, 0.5) is 5.69 Å². The Labute approximate surface area is 255 Å². The summed E-state index contributed by atoms with van der Waals surface area (Å²) < 4.78 is 42.5. The minimum atomic E-state index is -4.12. The van der Waals surface area contributed by atoms with Gasteiger partial charge in [0.25, 0.3) is 0 Å². The number of halogens is 1. The summed E-state index contributed by atoms with van der Waals surface area (Å²) in [5, 5.41) is 8.22. The van der Waals surface area contributed by atoms with Crippen LogP contribution in [-0.2, 0) is 41.4 Å². The van der Waals surface area contributed by atoms with E-state index in [1.807, 2.05) is 24.3 Å². The highest BCUT2D eigenvalue weighted by molar-refractivity contribution is 7.89. The Morgan fingerprint density at radius 1 is 0.907 bits per heavy atom. The first kappa shape index (κ1) is 30.1. The van der Waals surface area contributed by atoms with Crippen LogP contribution in [0.25, 0.3) is 10.9 Å². The third-order valence-corrected chi connectivity index (χ3v) is 9.15. The molecule has 0 saturated heterocycles. The first-order valence-corrected chi connectivity index (χ1v) is 15.2. The third kappa shape index (κ3) is 6.99. The zero-order valence-corrected chi connectivity index (χ0v) is 25.5.